The average molecular weight is 517 g/mol. The van der Waals surface area contributed by atoms with Crippen LogP contribution in [0.2, 0.25) is 5.02 Å². The summed E-state index contributed by atoms with van der Waals surface area (Å²) in [6.45, 7) is 0. The van der Waals surface area contributed by atoms with Crippen LogP contribution in [0.15, 0.2) is 92.9 Å². The van der Waals surface area contributed by atoms with Gasteiger partial charge in [-0.05, 0) is 59.7 Å². The fraction of sp³-hybridized carbons (Fsp3) is 0.0870. The minimum Gasteiger partial charge on any atom is -0.257 e. The molecule has 5 heteroatoms. The molecule has 0 spiro atoms. The number of allylic oxidation sites excluding steroid dienone is 1. The summed E-state index contributed by atoms with van der Waals surface area (Å²) in [5, 5.41) is 7.67. The second-order valence-electron chi connectivity index (χ2n) is 6.57. The lowest BCUT2D eigenvalue weighted by Gasteiger charge is -2.24. The molecule has 1 atom stereocenters. The van der Waals surface area contributed by atoms with Crippen molar-refractivity contribution in [3.63, 3.8) is 0 Å². The van der Waals surface area contributed by atoms with Gasteiger partial charge in [0.05, 0.1) is 17.4 Å². The van der Waals surface area contributed by atoms with Gasteiger partial charge in [-0.1, -0.05) is 79.9 Å². The Balaban J connectivity index is 1.65. The second-order valence-corrected chi connectivity index (χ2v) is 8.84. The Bertz CT molecular complexity index is 1030. The Kier molecular flexibility index (Phi) is 6.00. The van der Waals surface area contributed by atoms with E-state index in [1.165, 1.54) is 5.56 Å². The maximum absolute atomic E-state index is 6.23. The van der Waals surface area contributed by atoms with Crippen LogP contribution >= 0.6 is 43.5 Å². The van der Waals surface area contributed by atoms with Gasteiger partial charge in [0.15, 0.2) is 0 Å². The summed E-state index contributed by atoms with van der Waals surface area (Å²) in [7, 11) is 0. The number of nitrogens with zero attached hydrogens (tertiary/aromatic N) is 2. The fourth-order valence-electron chi connectivity index (χ4n) is 3.20. The number of anilines is 1. The molecule has 0 saturated carbocycles. The maximum atomic E-state index is 6.23. The van der Waals surface area contributed by atoms with Crippen molar-refractivity contribution in [2.24, 2.45) is 5.10 Å². The minimum atomic E-state index is 0.135. The lowest BCUT2D eigenvalue weighted by atomic mass is 10.0. The Morgan fingerprint density at radius 2 is 1.57 bits per heavy atom. The van der Waals surface area contributed by atoms with Crippen LogP contribution in [0.3, 0.4) is 0 Å². The van der Waals surface area contributed by atoms with Crippen molar-refractivity contribution in [1.29, 1.82) is 0 Å². The molecule has 3 aromatic rings. The quantitative estimate of drug-likeness (QED) is 0.344. The first kappa shape index (κ1) is 19.4. The first-order valence-electron chi connectivity index (χ1n) is 8.90. The molecule has 0 saturated heterocycles. The molecule has 4 rings (SSSR count). The van der Waals surface area contributed by atoms with E-state index in [0.29, 0.717) is 5.02 Å². The van der Waals surface area contributed by atoms with Gasteiger partial charge in [0.2, 0.25) is 0 Å². The van der Waals surface area contributed by atoms with Crippen LogP contribution in [0.1, 0.15) is 23.6 Å². The molecule has 3 aromatic carbocycles. The van der Waals surface area contributed by atoms with Crippen LogP contribution in [0.5, 0.6) is 0 Å². The van der Waals surface area contributed by atoms with Crippen LogP contribution in [0.25, 0.3) is 6.08 Å². The lowest BCUT2D eigenvalue weighted by molar-refractivity contribution is 0.709. The Hall–Kier alpha value is -1.88. The zero-order chi connectivity index (χ0) is 19.5. The van der Waals surface area contributed by atoms with Gasteiger partial charge in [-0.2, -0.15) is 5.10 Å². The summed E-state index contributed by atoms with van der Waals surface area (Å²) in [6, 6.07) is 24.6. The molecule has 0 fully saturated rings. The van der Waals surface area contributed by atoms with Crippen LogP contribution < -0.4 is 5.01 Å². The molecule has 0 aliphatic carbocycles. The zero-order valence-corrected chi connectivity index (χ0v) is 18.8. The van der Waals surface area contributed by atoms with E-state index in [1.807, 2.05) is 36.4 Å². The van der Waals surface area contributed by atoms with Crippen molar-refractivity contribution in [3.8, 4) is 0 Å². The van der Waals surface area contributed by atoms with E-state index < -0.39 is 0 Å². The first-order valence-corrected chi connectivity index (χ1v) is 10.9. The van der Waals surface area contributed by atoms with Crippen molar-refractivity contribution >= 4 is 60.9 Å². The number of halogens is 3. The summed E-state index contributed by atoms with van der Waals surface area (Å²) in [5.74, 6) is 0. The number of rotatable bonds is 4. The van der Waals surface area contributed by atoms with Crippen LogP contribution in [-0.2, 0) is 0 Å². The van der Waals surface area contributed by atoms with Gasteiger partial charge in [0.25, 0.3) is 0 Å². The fourth-order valence-corrected chi connectivity index (χ4v) is 3.91. The van der Waals surface area contributed by atoms with Crippen molar-refractivity contribution in [3.05, 3.63) is 104 Å². The number of benzene rings is 3. The van der Waals surface area contributed by atoms with Gasteiger partial charge >= 0.3 is 0 Å². The van der Waals surface area contributed by atoms with E-state index in [4.69, 9.17) is 16.7 Å². The zero-order valence-electron chi connectivity index (χ0n) is 14.9. The predicted octanol–water partition coefficient (Wildman–Crippen LogP) is 7.89. The topological polar surface area (TPSA) is 15.6 Å². The van der Waals surface area contributed by atoms with Gasteiger partial charge in [-0.3, -0.25) is 5.01 Å². The average Bonchev–Trinajstić information content (AvgIpc) is 3.12. The summed E-state index contributed by atoms with van der Waals surface area (Å²) < 4.78 is 2.14. The van der Waals surface area contributed by atoms with E-state index in [1.54, 1.807) is 0 Å². The highest BCUT2D eigenvalue weighted by Crippen LogP contribution is 2.36. The smallest absolute Gasteiger partial charge is 0.0831 e. The molecule has 2 nitrogen and oxygen atoms in total. The Morgan fingerprint density at radius 3 is 2.25 bits per heavy atom. The third-order valence-corrected chi connectivity index (χ3v) is 5.89. The molecular formula is C23H17Br2ClN2. The summed E-state index contributed by atoms with van der Waals surface area (Å²) in [6.07, 6.45) is 5.03. The molecule has 1 aliphatic rings. The molecule has 0 radical (unpaired) electrons. The van der Waals surface area contributed by atoms with Gasteiger partial charge in [-0.15, -0.1) is 0 Å². The SMILES string of the molecule is Clc1cccc(N2N=C(/C=C\c3ccc(Br)cc3)C[C@@H]2c2ccc(Br)cc2)c1. The largest absolute Gasteiger partial charge is 0.257 e. The molecule has 140 valence electrons. The highest BCUT2D eigenvalue weighted by molar-refractivity contribution is 9.10. The summed E-state index contributed by atoms with van der Waals surface area (Å²) in [4.78, 5) is 0. The van der Waals surface area contributed by atoms with Gasteiger partial charge < -0.3 is 0 Å². The van der Waals surface area contributed by atoms with Crippen LogP contribution in [-0.4, -0.2) is 5.71 Å². The number of hydrogen-bond acceptors (Lipinski definition) is 2. The molecule has 0 unspecified atom stereocenters. The maximum Gasteiger partial charge on any atom is 0.0831 e. The van der Waals surface area contributed by atoms with Crippen molar-refractivity contribution < 1.29 is 0 Å². The van der Waals surface area contributed by atoms with Crippen molar-refractivity contribution in [1.82, 2.24) is 0 Å². The van der Waals surface area contributed by atoms with Gasteiger partial charge in [-0.25, -0.2) is 0 Å². The van der Waals surface area contributed by atoms with E-state index in [-0.39, 0.29) is 6.04 Å². The molecule has 0 bridgehead atoms. The normalized spacial score (nSPS) is 16.6. The minimum absolute atomic E-state index is 0.135. The van der Waals surface area contributed by atoms with Crippen LogP contribution in [0, 0.1) is 0 Å². The van der Waals surface area contributed by atoms with E-state index >= 15 is 0 Å². The monoisotopic (exact) mass is 514 g/mol. The van der Waals surface area contributed by atoms with Crippen LogP contribution in [0.4, 0.5) is 5.69 Å². The standard InChI is InChI=1S/C23H17Br2ClN2/c24-18-9-4-16(5-10-18)6-13-21-15-23(17-7-11-19(25)12-8-17)28(27-21)22-3-1-2-20(26)14-22/h1-14,23H,15H2/b13-6-/t23-/m1/s1. The Morgan fingerprint density at radius 1 is 0.893 bits per heavy atom. The van der Waals surface area contributed by atoms with E-state index in [0.717, 1.165) is 32.3 Å². The molecule has 0 aromatic heterocycles. The third-order valence-electron chi connectivity index (χ3n) is 4.60. The highest BCUT2D eigenvalue weighted by Gasteiger charge is 2.28. The second kappa shape index (κ2) is 8.64. The van der Waals surface area contributed by atoms with Crippen molar-refractivity contribution in [2.45, 2.75) is 12.5 Å². The first-order chi connectivity index (χ1) is 13.6. The molecular weight excluding hydrogens is 500 g/mol. The summed E-state index contributed by atoms with van der Waals surface area (Å²) >= 11 is 13.2. The van der Waals surface area contributed by atoms with Gasteiger partial charge in [0.1, 0.15) is 0 Å². The van der Waals surface area contributed by atoms with Crippen molar-refractivity contribution in [2.75, 3.05) is 5.01 Å². The lowest BCUT2D eigenvalue weighted by Crippen LogP contribution is -2.18. The summed E-state index contributed by atoms with van der Waals surface area (Å²) in [5.41, 5.74) is 4.40. The van der Waals surface area contributed by atoms with Gasteiger partial charge in [0, 0.05) is 20.4 Å². The highest BCUT2D eigenvalue weighted by atomic mass is 79.9. The molecule has 0 N–H and O–H groups in total. The molecule has 0 amide bonds. The molecule has 28 heavy (non-hydrogen) atoms. The number of hydrogen-bond donors (Lipinski definition) is 0. The third kappa shape index (κ3) is 4.57. The number of hydrazone groups is 1. The molecule has 1 heterocycles. The van der Waals surface area contributed by atoms with E-state index in [2.05, 4.69) is 85.4 Å². The van der Waals surface area contributed by atoms with E-state index in [9.17, 15) is 0 Å². The molecule has 1 aliphatic heterocycles. The Labute approximate surface area is 186 Å². The predicted molar refractivity (Wildman–Crippen MR) is 126 cm³/mol.